The second-order valence-corrected chi connectivity index (χ2v) is 6.52. The first-order valence-electron chi connectivity index (χ1n) is 7.80. The summed E-state index contributed by atoms with van der Waals surface area (Å²) in [6.45, 7) is 9.16. The zero-order valence-electron chi connectivity index (χ0n) is 13.2. The fraction of sp³-hybridized carbons (Fsp3) is 0.812. The molecule has 2 rings (SSSR count). The highest BCUT2D eigenvalue weighted by Gasteiger charge is 2.41. The van der Waals surface area contributed by atoms with Crippen molar-refractivity contribution in [1.29, 1.82) is 0 Å². The Morgan fingerprint density at radius 3 is 2.90 bits per heavy atom. The van der Waals surface area contributed by atoms with Gasteiger partial charge in [0.1, 0.15) is 0 Å². The van der Waals surface area contributed by atoms with Gasteiger partial charge in [0.15, 0.2) is 0 Å². The maximum Gasteiger partial charge on any atom is 0.0752 e. The van der Waals surface area contributed by atoms with Crippen molar-refractivity contribution in [3.63, 3.8) is 0 Å². The van der Waals surface area contributed by atoms with E-state index in [1.807, 2.05) is 16.9 Å². The van der Waals surface area contributed by atoms with Gasteiger partial charge in [0.2, 0.25) is 0 Å². The molecule has 0 amide bonds. The summed E-state index contributed by atoms with van der Waals surface area (Å²) < 4.78 is 7.82. The molecule has 0 aliphatic carbocycles. The van der Waals surface area contributed by atoms with Crippen molar-refractivity contribution < 1.29 is 9.84 Å². The Labute approximate surface area is 122 Å². The number of hydrogen-bond donors (Lipinski definition) is 1. The maximum atomic E-state index is 10.9. The molecule has 4 nitrogen and oxygen atoms in total. The molecule has 114 valence electrons. The number of hydrogen-bond acceptors (Lipinski definition) is 3. The Kier molecular flexibility index (Phi) is 4.55. The first-order chi connectivity index (χ1) is 9.40. The van der Waals surface area contributed by atoms with Gasteiger partial charge >= 0.3 is 0 Å². The summed E-state index contributed by atoms with van der Waals surface area (Å²) in [5.74, 6) is 0. The van der Waals surface area contributed by atoms with Gasteiger partial charge in [-0.1, -0.05) is 13.8 Å². The van der Waals surface area contributed by atoms with Crippen molar-refractivity contribution in [2.24, 2.45) is 0 Å². The lowest BCUT2D eigenvalue weighted by molar-refractivity contribution is -0.153. The molecule has 0 saturated carbocycles. The smallest absolute Gasteiger partial charge is 0.0752 e. The first kappa shape index (κ1) is 15.5. The van der Waals surface area contributed by atoms with Gasteiger partial charge in [-0.15, -0.1) is 0 Å². The average molecular weight is 280 g/mol. The first-order valence-corrected chi connectivity index (χ1v) is 7.80. The number of ether oxygens (including phenoxy) is 1. The Morgan fingerprint density at radius 1 is 1.50 bits per heavy atom. The van der Waals surface area contributed by atoms with Gasteiger partial charge < -0.3 is 9.84 Å². The lowest BCUT2D eigenvalue weighted by atomic mass is 9.79. The van der Waals surface area contributed by atoms with Crippen LogP contribution in [0.15, 0.2) is 12.3 Å². The van der Waals surface area contributed by atoms with E-state index in [1.165, 1.54) is 0 Å². The molecular weight excluding hydrogens is 252 g/mol. The fourth-order valence-electron chi connectivity index (χ4n) is 2.94. The van der Waals surface area contributed by atoms with Crippen LogP contribution in [0.1, 0.15) is 65.1 Å². The summed E-state index contributed by atoms with van der Waals surface area (Å²) in [6.07, 6.45) is 6.01. The topological polar surface area (TPSA) is 47.3 Å². The van der Waals surface area contributed by atoms with Crippen LogP contribution in [0, 0.1) is 0 Å². The van der Waals surface area contributed by atoms with E-state index in [-0.39, 0.29) is 5.60 Å². The Bertz CT molecular complexity index is 445. The summed E-state index contributed by atoms with van der Waals surface area (Å²) in [4.78, 5) is 0. The normalized spacial score (nSPS) is 32.2. The molecule has 0 aromatic carbocycles. The van der Waals surface area contributed by atoms with Crippen molar-refractivity contribution >= 4 is 0 Å². The largest absolute Gasteiger partial charge is 0.389 e. The van der Waals surface area contributed by atoms with Crippen molar-refractivity contribution in [3.8, 4) is 0 Å². The summed E-state index contributed by atoms with van der Waals surface area (Å²) in [7, 11) is 0. The fourth-order valence-corrected chi connectivity index (χ4v) is 2.94. The molecule has 4 heteroatoms. The second-order valence-electron chi connectivity index (χ2n) is 6.52. The van der Waals surface area contributed by atoms with Crippen molar-refractivity contribution in [3.05, 3.63) is 18.0 Å². The minimum Gasteiger partial charge on any atom is -0.389 e. The van der Waals surface area contributed by atoms with E-state index < -0.39 is 5.60 Å². The molecule has 1 aliphatic heterocycles. The Balaban J connectivity index is 2.06. The van der Waals surface area contributed by atoms with Crippen LogP contribution in [0.5, 0.6) is 0 Å². The lowest BCUT2D eigenvalue weighted by Gasteiger charge is -2.43. The molecule has 1 aromatic rings. The van der Waals surface area contributed by atoms with Gasteiger partial charge in [0, 0.05) is 31.5 Å². The third kappa shape index (κ3) is 3.41. The van der Waals surface area contributed by atoms with E-state index in [0.717, 1.165) is 18.5 Å². The summed E-state index contributed by atoms with van der Waals surface area (Å²) in [5, 5.41) is 15.5. The lowest BCUT2D eigenvalue weighted by Crippen LogP contribution is -2.48. The van der Waals surface area contributed by atoms with Gasteiger partial charge in [-0.2, -0.15) is 5.10 Å². The van der Waals surface area contributed by atoms with Crippen LogP contribution < -0.4 is 0 Å². The molecule has 0 spiro atoms. The number of rotatable bonds is 5. The molecule has 1 fully saturated rings. The van der Waals surface area contributed by atoms with Gasteiger partial charge in [-0.25, -0.2) is 0 Å². The van der Waals surface area contributed by atoms with Crippen LogP contribution in [-0.2, 0) is 11.2 Å². The number of aliphatic hydroxyl groups is 1. The van der Waals surface area contributed by atoms with E-state index in [0.29, 0.717) is 31.9 Å². The molecule has 0 bridgehead atoms. The third-order valence-corrected chi connectivity index (χ3v) is 4.69. The zero-order chi connectivity index (χ0) is 14.8. The molecule has 0 radical (unpaired) electrons. The average Bonchev–Trinajstić information content (AvgIpc) is 2.85. The van der Waals surface area contributed by atoms with E-state index in [1.54, 1.807) is 0 Å². The van der Waals surface area contributed by atoms with Gasteiger partial charge in [-0.05, 0) is 32.8 Å². The van der Waals surface area contributed by atoms with Crippen LogP contribution in [0.25, 0.3) is 0 Å². The van der Waals surface area contributed by atoms with Crippen LogP contribution in [0.3, 0.4) is 0 Å². The SMILES string of the molecule is CCC(C)n1ccc(CC2(O)CCOC(C)(CC)C2)n1. The standard InChI is InChI=1S/C16H28N2O2/c1-5-13(3)18-9-7-14(17-18)11-16(19)8-10-20-15(4,6-2)12-16/h7,9,13,19H,5-6,8,10-12H2,1-4H3. The molecule has 1 N–H and O–H groups in total. The monoisotopic (exact) mass is 280 g/mol. The molecular formula is C16H28N2O2. The summed E-state index contributed by atoms with van der Waals surface area (Å²) in [5.41, 5.74) is 0.0948. The van der Waals surface area contributed by atoms with Crippen LogP contribution >= 0.6 is 0 Å². The van der Waals surface area contributed by atoms with E-state index in [9.17, 15) is 5.11 Å². The highest BCUT2D eigenvalue weighted by molar-refractivity contribution is 5.07. The van der Waals surface area contributed by atoms with Crippen molar-refractivity contribution in [2.75, 3.05) is 6.61 Å². The summed E-state index contributed by atoms with van der Waals surface area (Å²) >= 11 is 0. The molecule has 20 heavy (non-hydrogen) atoms. The quantitative estimate of drug-likeness (QED) is 0.901. The van der Waals surface area contributed by atoms with E-state index in [2.05, 4.69) is 32.8 Å². The summed E-state index contributed by atoms with van der Waals surface area (Å²) in [6, 6.07) is 2.44. The Morgan fingerprint density at radius 2 is 2.25 bits per heavy atom. The van der Waals surface area contributed by atoms with E-state index >= 15 is 0 Å². The highest BCUT2D eigenvalue weighted by atomic mass is 16.5. The van der Waals surface area contributed by atoms with Crippen molar-refractivity contribution in [2.45, 2.75) is 77.0 Å². The van der Waals surface area contributed by atoms with Crippen LogP contribution in [-0.4, -0.2) is 32.7 Å². The van der Waals surface area contributed by atoms with Crippen LogP contribution in [0.4, 0.5) is 0 Å². The van der Waals surface area contributed by atoms with Gasteiger partial charge in [-0.3, -0.25) is 4.68 Å². The Hall–Kier alpha value is -0.870. The predicted octanol–water partition coefficient (Wildman–Crippen LogP) is 3.11. The highest BCUT2D eigenvalue weighted by Crippen LogP contribution is 2.36. The number of nitrogens with zero attached hydrogens (tertiary/aromatic N) is 2. The second kappa shape index (κ2) is 5.86. The minimum atomic E-state index is -0.683. The van der Waals surface area contributed by atoms with Crippen molar-refractivity contribution in [1.82, 2.24) is 9.78 Å². The zero-order valence-corrected chi connectivity index (χ0v) is 13.2. The molecule has 2 heterocycles. The van der Waals surface area contributed by atoms with Gasteiger partial charge in [0.25, 0.3) is 0 Å². The van der Waals surface area contributed by atoms with Crippen LogP contribution in [0.2, 0.25) is 0 Å². The molecule has 3 atom stereocenters. The number of aromatic nitrogens is 2. The maximum absolute atomic E-state index is 10.9. The third-order valence-electron chi connectivity index (χ3n) is 4.69. The molecule has 1 aromatic heterocycles. The molecule has 1 saturated heterocycles. The van der Waals surface area contributed by atoms with Gasteiger partial charge in [0.05, 0.1) is 23.5 Å². The minimum absolute atomic E-state index is 0.202. The predicted molar refractivity (Wildman–Crippen MR) is 79.8 cm³/mol. The van der Waals surface area contributed by atoms with E-state index in [4.69, 9.17) is 4.74 Å². The molecule has 3 unspecified atom stereocenters. The molecule has 1 aliphatic rings.